The van der Waals surface area contributed by atoms with E-state index in [1.54, 1.807) is 6.92 Å². The predicted molar refractivity (Wildman–Crippen MR) is 69.0 cm³/mol. The second kappa shape index (κ2) is 6.03. The number of nitriles is 1. The SMILES string of the molecule is CCN(CCC#N)S(=O)(=O)c1cc(Cl)sc1Cl. The third-order valence-electron chi connectivity index (χ3n) is 2.07. The molecule has 0 saturated carbocycles. The predicted octanol–water partition coefficient (Wildman–Crippen LogP) is 2.98. The van der Waals surface area contributed by atoms with E-state index < -0.39 is 10.0 Å². The molecule has 0 aliphatic rings. The van der Waals surface area contributed by atoms with E-state index in [0.717, 1.165) is 11.3 Å². The fourth-order valence-corrected chi connectivity index (χ4v) is 4.83. The van der Waals surface area contributed by atoms with Crippen LogP contribution >= 0.6 is 34.5 Å². The van der Waals surface area contributed by atoms with E-state index in [4.69, 9.17) is 28.5 Å². The standard InChI is InChI=1S/C9H10Cl2N2O2S2/c1-2-13(5-3-4-12)17(14,15)7-6-8(10)16-9(7)11/h6H,2-3,5H2,1H3. The van der Waals surface area contributed by atoms with Crippen molar-refractivity contribution in [2.45, 2.75) is 18.2 Å². The topological polar surface area (TPSA) is 61.2 Å². The number of halogens is 2. The summed E-state index contributed by atoms with van der Waals surface area (Å²) >= 11 is 12.6. The van der Waals surface area contributed by atoms with Crippen LogP contribution in [0.15, 0.2) is 11.0 Å². The molecule has 17 heavy (non-hydrogen) atoms. The first-order valence-electron chi connectivity index (χ1n) is 4.75. The van der Waals surface area contributed by atoms with Gasteiger partial charge in [0.2, 0.25) is 10.0 Å². The highest BCUT2D eigenvalue weighted by atomic mass is 35.5. The number of nitrogens with zero attached hydrogens (tertiary/aromatic N) is 2. The Labute approximate surface area is 114 Å². The first-order chi connectivity index (χ1) is 7.93. The molecule has 0 bridgehead atoms. The number of hydrogen-bond acceptors (Lipinski definition) is 4. The van der Waals surface area contributed by atoms with Gasteiger partial charge in [0, 0.05) is 19.5 Å². The van der Waals surface area contributed by atoms with Crippen LogP contribution in [0.4, 0.5) is 0 Å². The molecular weight excluding hydrogens is 303 g/mol. The fraction of sp³-hybridized carbons (Fsp3) is 0.444. The van der Waals surface area contributed by atoms with Crippen LogP contribution in [0.25, 0.3) is 0 Å². The van der Waals surface area contributed by atoms with Crippen molar-refractivity contribution in [2.75, 3.05) is 13.1 Å². The molecule has 1 aromatic rings. The maximum absolute atomic E-state index is 12.2. The molecular formula is C9H10Cl2N2O2S2. The number of rotatable bonds is 5. The molecule has 0 unspecified atom stereocenters. The van der Waals surface area contributed by atoms with Gasteiger partial charge in [-0.05, 0) is 6.07 Å². The average molecular weight is 313 g/mol. The second-order valence-electron chi connectivity index (χ2n) is 3.09. The highest BCUT2D eigenvalue weighted by Crippen LogP contribution is 2.35. The fourth-order valence-electron chi connectivity index (χ4n) is 1.26. The smallest absolute Gasteiger partial charge is 0.207 e. The van der Waals surface area contributed by atoms with Gasteiger partial charge in [0.25, 0.3) is 0 Å². The Balaban J connectivity index is 3.09. The lowest BCUT2D eigenvalue weighted by atomic mass is 10.5. The summed E-state index contributed by atoms with van der Waals surface area (Å²) in [6, 6.07) is 3.25. The van der Waals surface area contributed by atoms with Crippen LogP contribution in [0.3, 0.4) is 0 Å². The van der Waals surface area contributed by atoms with Crippen molar-refractivity contribution in [3.05, 3.63) is 14.7 Å². The molecule has 1 aromatic heterocycles. The molecule has 0 aromatic carbocycles. The van der Waals surface area contributed by atoms with Gasteiger partial charge in [-0.15, -0.1) is 11.3 Å². The van der Waals surface area contributed by atoms with Gasteiger partial charge in [0.05, 0.1) is 10.4 Å². The van der Waals surface area contributed by atoms with Gasteiger partial charge in [-0.25, -0.2) is 8.42 Å². The molecule has 4 nitrogen and oxygen atoms in total. The van der Waals surface area contributed by atoms with Crippen LogP contribution in [0.2, 0.25) is 8.67 Å². The molecule has 1 rings (SSSR count). The van der Waals surface area contributed by atoms with E-state index in [1.165, 1.54) is 10.4 Å². The minimum atomic E-state index is -3.66. The van der Waals surface area contributed by atoms with E-state index in [9.17, 15) is 8.42 Å². The molecule has 0 fully saturated rings. The molecule has 8 heteroatoms. The lowest BCUT2D eigenvalue weighted by Gasteiger charge is -2.18. The van der Waals surface area contributed by atoms with Crippen molar-refractivity contribution in [3.63, 3.8) is 0 Å². The molecule has 0 N–H and O–H groups in total. The molecule has 94 valence electrons. The second-order valence-corrected chi connectivity index (χ2v) is 7.29. The van der Waals surface area contributed by atoms with Crippen molar-refractivity contribution >= 4 is 44.6 Å². The quantitative estimate of drug-likeness (QED) is 0.839. The van der Waals surface area contributed by atoms with Gasteiger partial charge in [-0.2, -0.15) is 9.57 Å². The van der Waals surface area contributed by atoms with Crippen LogP contribution in [0.1, 0.15) is 13.3 Å². The zero-order valence-electron chi connectivity index (χ0n) is 8.98. The summed E-state index contributed by atoms with van der Waals surface area (Å²) in [5.74, 6) is 0. The molecule has 0 atom stereocenters. The van der Waals surface area contributed by atoms with Crippen LogP contribution < -0.4 is 0 Å². The van der Waals surface area contributed by atoms with Crippen molar-refractivity contribution in [1.29, 1.82) is 5.26 Å². The Bertz CT molecular complexity index is 534. The Hall–Kier alpha value is -0.320. The summed E-state index contributed by atoms with van der Waals surface area (Å²) in [4.78, 5) is 0.00829. The Morgan fingerprint density at radius 1 is 1.53 bits per heavy atom. The van der Waals surface area contributed by atoms with Crippen molar-refractivity contribution in [1.82, 2.24) is 4.31 Å². The van der Waals surface area contributed by atoms with E-state index in [0.29, 0.717) is 4.34 Å². The normalized spacial score (nSPS) is 11.7. The lowest BCUT2D eigenvalue weighted by molar-refractivity contribution is 0.435. The van der Waals surface area contributed by atoms with Crippen LogP contribution in [-0.2, 0) is 10.0 Å². The summed E-state index contributed by atoms with van der Waals surface area (Å²) < 4.78 is 26.0. The Kier molecular flexibility index (Phi) is 5.22. The summed E-state index contributed by atoms with van der Waals surface area (Å²) in [6.45, 7) is 2.14. The number of thiophene rings is 1. The third kappa shape index (κ3) is 3.33. The van der Waals surface area contributed by atoms with Gasteiger partial charge >= 0.3 is 0 Å². The zero-order chi connectivity index (χ0) is 13.1. The first kappa shape index (κ1) is 14.7. The molecule has 0 amide bonds. The Morgan fingerprint density at radius 3 is 2.59 bits per heavy atom. The minimum absolute atomic E-state index is 0.00829. The van der Waals surface area contributed by atoms with Crippen molar-refractivity contribution in [3.8, 4) is 6.07 Å². The highest BCUT2D eigenvalue weighted by molar-refractivity contribution is 7.89. The van der Waals surface area contributed by atoms with Gasteiger partial charge in [-0.1, -0.05) is 30.1 Å². The maximum Gasteiger partial charge on any atom is 0.245 e. The number of sulfonamides is 1. The molecule has 0 radical (unpaired) electrons. The first-order valence-corrected chi connectivity index (χ1v) is 7.76. The largest absolute Gasteiger partial charge is 0.245 e. The van der Waals surface area contributed by atoms with E-state index in [-0.39, 0.29) is 28.7 Å². The number of hydrogen-bond donors (Lipinski definition) is 0. The maximum atomic E-state index is 12.2. The summed E-state index contributed by atoms with van der Waals surface area (Å²) in [6.07, 6.45) is 0.141. The molecule has 1 heterocycles. The third-order valence-corrected chi connectivity index (χ3v) is 5.80. The highest BCUT2D eigenvalue weighted by Gasteiger charge is 2.27. The summed E-state index contributed by atoms with van der Waals surface area (Å²) in [5.41, 5.74) is 0. The van der Waals surface area contributed by atoms with E-state index >= 15 is 0 Å². The van der Waals surface area contributed by atoms with Gasteiger partial charge in [0.15, 0.2) is 0 Å². The molecule has 0 aliphatic carbocycles. The van der Waals surface area contributed by atoms with Gasteiger partial charge < -0.3 is 0 Å². The monoisotopic (exact) mass is 312 g/mol. The lowest BCUT2D eigenvalue weighted by Crippen LogP contribution is -2.31. The van der Waals surface area contributed by atoms with Crippen LogP contribution in [-0.4, -0.2) is 25.8 Å². The average Bonchev–Trinajstić information content (AvgIpc) is 2.59. The molecule has 0 aliphatic heterocycles. The van der Waals surface area contributed by atoms with Crippen LogP contribution in [0, 0.1) is 11.3 Å². The van der Waals surface area contributed by atoms with Crippen molar-refractivity contribution in [2.24, 2.45) is 0 Å². The van der Waals surface area contributed by atoms with E-state index in [1.807, 2.05) is 6.07 Å². The van der Waals surface area contributed by atoms with Gasteiger partial charge in [-0.3, -0.25) is 0 Å². The Morgan fingerprint density at radius 2 is 2.18 bits per heavy atom. The summed E-state index contributed by atoms with van der Waals surface area (Å²) in [7, 11) is -3.66. The van der Waals surface area contributed by atoms with Gasteiger partial charge in [0.1, 0.15) is 9.23 Å². The molecule has 0 spiro atoms. The zero-order valence-corrected chi connectivity index (χ0v) is 12.1. The summed E-state index contributed by atoms with van der Waals surface area (Å²) in [5, 5.41) is 8.49. The minimum Gasteiger partial charge on any atom is -0.207 e. The van der Waals surface area contributed by atoms with E-state index in [2.05, 4.69) is 0 Å². The van der Waals surface area contributed by atoms with Crippen LogP contribution in [0.5, 0.6) is 0 Å². The van der Waals surface area contributed by atoms with Crippen molar-refractivity contribution < 1.29 is 8.42 Å². The molecule has 0 saturated heterocycles.